The van der Waals surface area contributed by atoms with Crippen LogP contribution in [0.25, 0.3) is 10.9 Å². The van der Waals surface area contributed by atoms with Gasteiger partial charge in [0.25, 0.3) is 0 Å². The van der Waals surface area contributed by atoms with Gasteiger partial charge in [-0.2, -0.15) is 0 Å². The van der Waals surface area contributed by atoms with Crippen molar-refractivity contribution in [3.05, 3.63) is 42.7 Å². The Kier molecular flexibility index (Phi) is 4.72. The van der Waals surface area contributed by atoms with Crippen LogP contribution in [-0.2, 0) is 4.74 Å². The number of nitrogen functional groups attached to an aromatic ring is 2. The lowest BCUT2D eigenvalue weighted by Gasteiger charge is -2.20. The van der Waals surface area contributed by atoms with Gasteiger partial charge in [-0.05, 0) is 45.0 Å². The van der Waals surface area contributed by atoms with Gasteiger partial charge in [-0.1, -0.05) is 0 Å². The van der Waals surface area contributed by atoms with Crippen molar-refractivity contribution in [2.24, 2.45) is 0 Å². The lowest BCUT2D eigenvalue weighted by molar-refractivity contribution is 0.0636. The minimum absolute atomic E-state index is 0.193. The van der Waals surface area contributed by atoms with Crippen molar-refractivity contribution in [2.45, 2.75) is 26.4 Å². The second kappa shape index (κ2) is 6.99. The molecule has 8 heteroatoms. The first kappa shape index (κ1) is 18.2. The molecule has 3 rings (SSSR count). The maximum absolute atomic E-state index is 12.1. The van der Waals surface area contributed by atoms with Crippen LogP contribution in [0.4, 0.5) is 22.0 Å². The third-order valence-electron chi connectivity index (χ3n) is 3.57. The van der Waals surface area contributed by atoms with Crippen LogP contribution in [0.2, 0.25) is 0 Å². The number of anilines is 3. The molecule has 1 amide bonds. The van der Waals surface area contributed by atoms with Crippen LogP contribution in [0.15, 0.2) is 42.7 Å². The molecule has 140 valence electrons. The third kappa shape index (κ3) is 4.17. The molecule has 0 aliphatic rings. The normalized spacial score (nSPS) is 11.2. The standard InChI is InChI=1S/C19H21N5O3/c1-19(2,3)27-18(25)24-12-6-7-13(11-5-4-9-22-16(11)12)26-14-8-10-23-17(21)15(14)20/h4-10H,20H2,1-3H3,(H2,21,23)(H,24,25). The number of fused-ring (bicyclic) bond motifs is 1. The van der Waals surface area contributed by atoms with Crippen LogP contribution < -0.4 is 21.5 Å². The van der Waals surface area contributed by atoms with E-state index in [9.17, 15) is 4.79 Å². The first-order valence-electron chi connectivity index (χ1n) is 8.30. The molecule has 5 N–H and O–H groups in total. The molecule has 27 heavy (non-hydrogen) atoms. The van der Waals surface area contributed by atoms with Gasteiger partial charge in [-0.3, -0.25) is 10.3 Å². The average molecular weight is 367 g/mol. The Bertz CT molecular complexity index is 998. The van der Waals surface area contributed by atoms with E-state index < -0.39 is 11.7 Å². The smallest absolute Gasteiger partial charge is 0.412 e. The van der Waals surface area contributed by atoms with E-state index in [4.69, 9.17) is 20.9 Å². The fraction of sp³-hybridized carbons (Fsp3) is 0.211. The summed E-state index contributed by atoms with van der Waals surface area (Å²) in [4.78, 5) is 20.4. The van der Waals surface area contributed by atoms with Gasteiger partial charge >= 0.3 is 6.09 Å². The highest BCUT2D eigenvalue weighted by atomic mass is 16.6. The molecule has 0 spiro atoms. The number of hydrogen-bond donors (Lipinski definition) is 3. The zero-order chi connectivity index (χ0) is 19.6. The average Bonchev–Trinajstić information content (AvgIpc) is 2.59. The summed E-state index contributed by atoms with van der Waals surface area (Å²) >= 11 is 0. The number of carbonyl (C=O) groups excluding carboxylic acids is 1. The Morgan fingerprint density at radius 2 is 1.81 bits per heavy atom. The number of rotatable bonds is 3. The molecule has 0 bridgehead atoms. The predicted octanol–water partition coefficient (Wildman–Crippen LogP) is 3.93. The summed E-state index contributed by atoms with van der Waals surface area (Å²) in [5.74, 6) is 1.10. The second-order valence-corrected chi connectivity index (χ2v) is 6.85. The minimum Gasteiger partial charge on any atom is -0.454 e. The molecule has 0 aliphatic heterocycles. The van der Waals surface area contributed by atoms with Crippen molar-refractivity contribution in [2.75, 3.05) is 16.8 Å². The fourth-order valence-electron chi connectivity index (χ4n) is 2.43. The van der Waals surface area contributed by atoms with Crippen LogP contribution in [0.3, 0.4) is 0 Å². The summed E-state index contributed by atoms with van der Waals surface area (Å²) in [5, 5.41) is 3.41. The zero-order valence-corrected chi connectivity index (χ0v) is 15.3. The molecule has 1 aromatic carbocycles. The molecule has 8 nitrogen and oxygen atoms in total. The molecule has 0 unspecified atom stereocenters. The summed E-state index contributed by atoms with van der Waals surface area (Å²) in [6.07, 6.45) is 2.58. The molecular weight excluding hydrogens is 346 g/mol. The largest absolute Gasteiger partial charge is 0.454 e. The van der Waals surface area contributed by atoms with E-state index in [0.717, 1.165) is 0 Å². The van der Waals surface area contributed by atoms with Crippen LogP contribution in [0, 0.1) is 0 Å². The molecule has 2 aromatic heterocycles. The first-order valence-corrected chi connectivity index (χ1v) is 8.30. The Morgan fingerprint density at radius 1 is 1.04 bits per heavy atom. The summed E-state index contributed by atoms with van der Waals surface area (Å²) in [7, 11) is 0. The van der Waals surface area contributed by atoms with Crippen molar-refractivity contribution in [1.29, 1.82) is 0 Å². The van der Waals surface area contributed by atoms with E-state index in [1.165, 1.54) is 6.20 Å². The quantitative estimate of drug-likeness (QED) is 0.640. The number of carbonyl (C=O) groups is 1. The van der Waals surface area contributed by atoms with E-state index in [-0.39, 0.29) is 11.5 Å². The van der Waals surface area contributed by atoms with Crippen molar-refractivity contribution in [3.8, 4) is 11.5 Å². The number of hydrogen-bond acceptors (Lipinski definition) is 7. The van der Waals surface area contributed by atoms with E-state index in [0.29, 0.717) is 28.1 Å². The van der Waals surface area contributed by atoms with Gasteiger partial charge in [0, 0.05) is 23.8 Å². The SMILES string of the molecule is CC(C)(C)OC(=O)Nc1ccc(Oc2ccnc(N)c2N)c2cccnc12. The number of ether oxygens (including phenoxy) is 2. The summed E-state index contributed by atoms with van der Waals surface area (Å²) in [6, 6.07) is 8.64. The Balaban J connectivity index is 1.96. The lowest BCUT2D eigenvalue weighted by atomic mass is 10.1. The number of aromatic nitrogens is 2. The molecule has 0 saturated carbocycles. The van der Waals surface area contributed by atoms with Crippen LogP contribution in [0.1, 0.15) is 20.8 Å². The fourth-order valence-corrected chi connectivity index (χ4v) is 2.43. The number of amides is 1. The van der Waals surface area contributed by atoms with Gasteiger partial charge in [-0.25, -0.2) is 9.78 Å². The molecule has 0 radical (unpaired) electrons. The van der Waals surface area contributed by atoms with Gasteiger partial charge in [0.15, 0.2) is 5.75 Å². The van der Waals surface area contributed by atoms with Gasteiger partial charge in [-0.15, -0.1) is 0 Å². The summed E-state index contributed by atoms with van der Waals surface area (Å²) in [5.41, 5.74) is 12.4. The molecule has 2 heterocycles. The topological polar surface area (TPSA) is 125 Å². The highest BCUT2D eigenvalue weighted by Gasteiger charge is 2.18. The predicted molar refractivity (Wildman–Crippen MR) is 105 cm³/mol. The van der Waals surface area contributed by atoms with Crippen molar-refractivity contribution < 1.29 is 14.3 Å². The van der Waals surface area contributed by atoms with Gasteiger partial charge in [0.1, 0.15) is 22.9 Å². The maximum Gasteiger partial charge on any atom is 0.412 e. The number of benzene rings is 1. The zero-order valence-electron chi connectivity index (χ0n) is 15.3. The molecule has 3 aromatic rings. The molecule has 0 aliphatic carbocycles. The van der Waals surface area contributed by atoms with Crippen LogP contribution in [0.5, 0.6) is 11.5 Å². The summed E-state index contributed by atoms with van der Waals surface area (Å²) in [6.45, 7) is 5.39. The van der Waals surface area contributed by atoms with Gasteiger partial charge < -0.3 is 20.9 Å². The molecule has 0 atom stereocenters. The van der Waals surface area contributed by atoms with Gasteiger partial charge in [0.2, 0.25) is 0 Å². The van der Waals surface area contributed by atoms with Gasteiger partial charge in [0.05, 0.1) is 11.2 Å². The number of pyridine rings is 2. The van der Waals surface area contributed by atoms with Crippen LogP contribution >= 0.6 is 0 Å². The van der Waals surface area contributed by atoms with E-state index in [2.05, 4.69) is 15.3 Å². The van der Waals surface area contributed by atoms with Crippen LogP contribution in [-0.4, -0.2) is 21.7 Å². The van der Waals surface area contributed by atoms with Crippen molar-refractivity contribution in [3.63, 3.8) is 0 Å². The van der Waals surface area contributed by atoms with E-state index in [1.54, 1.807) is 51.2 Å². The molecule has 0 fully saturated rings. The minimum atomic E-state index is -0.602. The maximum atomic E-state index is 12.1. The first-order chi connectivity index (χ1) is 12.7. The van der Waals surface area contributed by atoms with E-state index >= 15 is 0 Å². The monoisotopic (exact) mass is 367 g/mol. The Labute approximate surface area is 156 Å². The lowest BCUT2D eigenvalue weighted by Crippen LogP contribution is -2.27. The summed E-state index contributed by atoms with van der Waals surface area (Å²) < 4.78 is 11.2. The molecular formula is C19H21N5O3. The number of nitrogens with one attached hydrogen (secondary N) is 1. The highest BCUT2D eigenvalue weighted by molar-refractivity contribution is 6.00. The Hall–Kier alpha value is -3.55. The van der Waals surface area contributed by atoms with E-state index in [1.807, 2.05) is 6.07 Å². The second-order valence-electron chi connectivity index (χ2n) is 6.85. The Morgan fingerprint density at radius 3 is 2.56 bits per heavy atom. The highest BCUT2D eigenvalue weighted by Crippen LogP contribution is 2.36. The third-order valence-corrected chi connectivity index (χ3v) is 3.57. The van der Waals surface area contributed by atoms with Crippen molar-refractivity contribution in [1.82, 2.24) is 9.97 Å². The number of nitrogens with two attached hydrogens (primary N) is 2. The molecule has 0 saturated heterocycles. The number of nitrogens with zero attached hydrogens (tertiary/aromatic N) is 2. The van der Waals surface area contributed by atoms with Crippen molar-refractivity contribution >= 4 is 34.2 Å².